The van der Waals surface area contributed by atoms with Crippen molar-refractivity contribution in [2.75, 3.05) is 0 Å². The van der Waals surface area contributed by atoms with E-state index in [1.54, 1.807) is 29.9 Å². The van der Waals surface area contributed by atoms with Crippen LogP contribution in [0.25, 0.3) is 0 Å². The summed E-state index contributed by atoms with van der Waals surface area (Å²) < 4.78 is 5.85. The molecule has 3 nitrogen and oxygen atoms in total. The Morgan fingerprint density at radius 2 is 2.35 bits per heavy atom. The minimum Gasteiger partial charge on any atom is -0.484 e. The highest BCUT2D eigenvalue weighted by Crippen LogP contribution is 2.42. The molecular weight excluding hydrogens is 258 g/mol. The first-order valence-corrected chi connectivity index (χ1v) is 6.52. The lowest BCUT2D eigenvalue weighted by atomic mass is 9.98. The molecular formula is C12H10ClNO2S. The average Bonchev–Trinajstić information content (AvgIpc) is 2.83. The number of fused-ring (bicyclic) bond motifs is 1. The summed E-state index contributed by atoms with van der Waals surface area (Å²) in [6.07, 6.45) is 1.66. The molecule has 88 valence electrons. The quantitative estimate of drug-likeness (QED) is 0.862. The lowest BCUT2D eigenvalue weighted by Crippen LogP contribution is -2.18. The van der Waals surface area contributed by atoms with Gasteiger partial charge in [-0.25, -0.2) is 0 Å². The average molecular weight is 268 g/mol. The zero-order chi connectivity index (χ0) is 11.8. The van der Waals surface area contributed by atoms with Crippen molar-refractivity contribution >= 4 is 22.9 Å². The highest BCUT2D eigenvalue weighted by molar-refractivity contribution is 7.09. The number of hydrogen-bond acceptors (Lipinski definition) is 4. The predicted octanol–water partition coefficient (Wildman–Crippen LogP) is 3.35. The van der Waals surface area contributed by atoms with Crippen LogP contribution in [-0.4, -0.2) is 10.1 Å². The molecule has 0 saturated heterocycles. The van der Waals surface area contributed by atoms with Gasteiger partial charge in [-0.05, 0) is 18.2 Å². The molecule has 1 aliphatic heterocycles. The van der Waals surface area contributed by atoms with Crippen LogP contribution >= 0.6 is 22.9 Å². The summed E-state index contributed by atoms with van der Waals surface area (Å²) in [4.78, 5) is 5.06. The fraction of sp³-hybridized carbons (Fsp3) is 0.250. The molecule has 17 heavy (non-hydrogen) atoms. The van der Waals surface area contributed by atoms with Gasteiger partial charge in [0.05, 0.1) is 16.5 Å². The molecule has 0 saturated carbocycles. The fourth-order valence-electron chi connectivity index (χ4n) is 1.98. The summed E-state index contributed by atoms with van der Waals surface area (Å²) in [5, 5.41) is 10.7. The van der Waals surface area contributed by atoms with Gasteiger partial charge in [-0.3, -0.25) is 4.98 Å². The van der Waals surface area contributed by atoms with E-state index in [4.69, 9.17) is 16.3 Å². The van der Waals surface area contributed by atoms with Crippen molar-refractivity contribution in [3.63, 3.8) is 0 Å². The molecule has 2 unspecified atom stereocenters. The van der Waals surface area contributed by atoms with E-state index in [1.807, 2.05) is 0 Å². The summed E-state index contributed by atoms with van der Waals surface area (Å²) >= 11 is 7.44. The lowest BCUT2D eigenvalue weighted by Gasteiger charge is -2.28. The Bertz CT molecular complexity index is 529. The van der Waals surface area contributed by atoms with Gasteiger partial charge in [0, 0.05) is 23.2 Å². The van der Waals surface area contributed by atoms with E-state index < -0.39 is 6.10 Å². The summed E-state index contributed by atoms with van der Waals surface area (Å²) in [5.74, 6) is 0.701. The number of benzene rings is 1. The van der Waals surface area contributed by atoms with Gasteiger partial charge >= 0.3 is 0 Å². The number of hydrogen-bond donors (Lipinski definition) is 1. The minimum absolute atomic E-state index is 0.119. The topological polar surface area (TPSA) is 42.4 Å². The zero-order valence-electron chi connectivity index (χ0n) is 8.84. The zero-order valence-corrected chi connectivity index (χ0v) is 10.4. The van der Waals surface area contributed by atoms with Crippen molar-refractivity contribution in [1.82, 2.24) is 4.98 Å². The van der Waals surface area contributed by atoms with E-state index in [0.29, 0.717) is 17.2 Å². The Kier molecular flexibility index (Phi) is 2.78. The molecule has 1 N–H and O–H groups in total. The molecule has 2 atom stereocenters. The second kappa shape index (κ2) is 4.29. The van der Waals surface area contributed by atoms with Crippen LogP contribution in [0.15, 0.2) is 29.9 Å². The largest absolute Gasteiger partial charge is 0.484 e. The van der Waals surface area contributed by atoms with Gasteiger partial charge in [-0.1, -0.05) is 11.6 Å². The van der Waals surface area contributed by atoms with Gasteiger partial charge in [0.2, 0.25) is 0 Å². The van der Waals surface area contributed by atoms with E-state index in [0.717, 1.165) is 10.4 Å². The molecule has 1 aromatic heterocycles. The Hall–Kier alpha value is -1.10. The number of aromatic nitrogens is 1. The normalized spacial score (nSPS) is 22.9. The molecule has 0 bridgehead atoms. The SMILES string of the molecule is OC1CC(c2cncs2)Oc2ccc(Cl)cc21. The molecule has 0 aliphatic carbocycles. The van der Waals surface area contributed by atoms with Crippen molar-refractivity contribution in [2.24, 2.45) is 0 Å². The first-order valence-electron chi connectivity index (χ1n) is 5.26. The van der Waals surface area contributed by atoms with Crippen molar-refractivity contribution in [2.45, 2.75) is 18.6 Å². The second-order valence-corrected chi connectivity index (χ2v) is 5.30. The van der Waals surface area contributed by atoms with Crippen molar-refractivity contribution in [3.8, 4) is 5.75 Å². The monoisotopic (exact) mass is 267 g/mol. The van der Waals surface area contributed by atoms with Crippen LogP contribution in [0, 0.1) is 0 Å². The number of aliphatic hydroxyl groups excluding tert-OH is 1. The smallest absolute Gasteiger partial charge is 0.137 e. The molecule has 1 aromatic carbocycles. The first kappa shape index (κ1) is 11.0. The molecule has 1 aliphatic rings. The van der Waals surface area contributed by atoms with Gasteiger partial charge in [0.25, 0.3) is 0 Å². The van der Waals surface area contributed by atoms with E-state index in [9.17, 15) is 5.11 Å². The summed E-state index contributed by atoms with van der Waals surface area (Å²) in [6.45, 7) is 0. The molecule has 0 radical (unpaired) electrons. The predicted molar refractivity (Wildman–Crippen MR) is 66.5 cm³/mol. The third-order valence-electron chi connectivity index (χ3n) is 2.81. The second-order valence-electron chi connectivity index (χ2n) is 3.94. The number of rotatable bonds is 1. The maximum atomic E-state index is 10.1. The number of aliphatic hydroxyl groups is 1. The number of thiazole rings is 1. The molecule has 3 rings (SSSR count). The molecule has 5 heteroatoms. The van der Waals surface area contributed by atoms with Gasteiger partial charge in [0.1, 0.15) is 11.9 Å². The van der Waals surface area contributed by atoms with Gasteiger partial charge in [-0.15, -0.1) is 11.3 Å². The van der Waals surface area contributed by atoms with Gasteiger partial charge in [-0.2, -0.15) is 0 Å². The summed E-state index contributed by atoms with van der Waals surface area (Å²) in [6, 6.07) is 5.32. The molecule has 2 heterocycles. The van der Waals surface area contributed by atoms with Crippen LogP contribution < -0.4 is 4.74 Å². The van der Waals surface area contributed by atoms with Crippen LogP contribution in [0.2, 0.25) is 5.02 Å². The van der Waals surface area contributed by atoms with Crippen LogP contribution in [0.3, 0.4) is 0 Å². The third-order valence-corrected chi connectivity index (χ3v) is 3.91. The maximum Gasteiger partial charge on any atom is 0.137 e. The van der Waals surface area contributed by atoms with E-state index in [-0.39, 0.29) is 6.10 Å². The lowest BCUT2D eigenvalue weighted by molar-refractivity contribution is 0.0673. The van der Waals surface area contributed by atoms with Crippen LogP contribution in [-0.2, 0) is 0 Å². The number of halogens is 1. The number of ether oxygens (including phenoxy) is 1. The van der Waals surface area contributed by atoms with Gasteiger partial charge in [0.15, 0.2) is 0 Å². The molecule has 0 spiro atoms. The Labute approximate surface area is 108 Å². The van der Waals surface area contributed by atoms with Gasteiger partial charge < -0.3 is 9.84 Å². The van der Waals surface area contributed by atoms with E-state index in [1.165, 1.54) is 11.3 Å². The fourth-order valence-corrected chi connectivity index (χ4v) is 2.82. The third kappa shape index (κ3) is 2.04. The summed E-state index contributed by atoms with van der Waals surface area (Å²) in [7, 11) is 0. The molecule has 0 fully saturated rings. The Morgan fingerprint density at radius 1 is 1.47 bits per heavy atom. The highest BCUT2D eigenvalue weighted by Gasteiger charge is 2.28. The first-order chi connectivity index (χ1) is 8.24. The van der Waals surface area contributed by atoms with Crippen LogP contribution in [0.1, 0.15) is 29.1 Å². The molecule has 2 aromatic rings. The minimum atomic E-state index is -0.537. The van der Waals surface area contributed by atoms with E-state index in [2.05, 4.69) is 4.98 Å². The van der Waals surface area contributed by atoms with Crippen LogP contribution in [0.5, 0.6) is 5.75 Å². The van der Waals surface area contributed by atoms with Crippen molar-refractivity contribution in [1.29, 1.82) is 0 Å². The van der Waals surface area contributed by atoms with E-state index >= 15 is 0 Å². The summed E-state index contributed by atoms with van der Waals surface area (Å²) in [5.41, 5.74) is 2.53. The van der Waals surface area contributed by atoms with Crippen molar-refractivity contribution < 1.29 is 9.84 Å². The highest BCUT2D eigenvalue weighted by atomic mass is 35.5. The maximum absolute atomic E-state index is 10.1. The Balaban J connectivity index is 1.96. The Morgan fingerprint density at radius 3 is 3.12 bits per heavy atom. The molecule has 0 amide bonds. The number of nitrogens with zero attached hydrogens (tertiary/aromatic N) is 1. The standard InChI is InChI=1S/C12H10ClNO2S/c13-7-1-2-10-8(3-7)9(15)4-11(16-10)12-5-14-6-17-12/h1-3,5-6,9,11,15H,4H2. The van der Waals surface area contributed by atoms with Crippen molar-refractivity contribution in [3.05, 3.63) is 45.4 Å². The van der Waals surface area contributed by atoms with Crippen LogP contribution in [0.4, 0.5) is 0 Å².